The summed E-state index contributed by atoms with van der Waals surface area (Å²) in [5.74, 6) is 0. The lowest BCUT2D eigenvalue weighted by atomic mass is 10.0. The van der Waals surface area contributed by atoms with Gasteiger partial charge in [-0.2, -0.15) is 0 Å². The molecule has 0 saturated carbocycles. The van der Waals surface area contributed by atoms with Gasteiger partial charge in [0.05, 0.1) is 11.0 Å². The number of anilines is 3. The second-order valence-electron chi connectivity index (χ2n) is 13.0. The van der Waals surface area contributed by atoms with Crippen LogP contribution in [-0.4, -0.2) is 4.57 Å². The molecule has 3 heteroatoms. The van der Waals surface area contributed by atoms with Gasteiger partial charge in [-0.3, -0.25) is 0 Å². The number of hydrogen-bond acceptors (Lipinski definition) is 2. The van der Waals surface area contributed by atoms with Crippen LogP contribution in [0.15, 0.2) is 199 Å². The maximum Gasteiger partial charge on any atom is 0.137 e. The Kier molecular flexibility index (Phi) is 6.81. The Balaban J connectivity index is 1.00. The van der Waals surface area contributed by atoms with Gasteiger partial charge in [-0.15, -0.1) is 0 Å². The van der Waals surface area contributed by atoms with Crippen molar-refractivity contribution in [3.8, 4) is 27.9 Å². The van der Waals surface area contributed by atoms with Gasteiger partial charge < -0.3 is 13.9 Å². The minimum Gasteiger partial charge on any atom is -0.456 e. The van der Waals surface area contributed by atoms with Crippen molar-refractivity contribution in [2.24, 2.45) is 0 Å². The first-order valence-corrected chi connectivity index (χ1v) is 17.3. The molecule has 0 amide bonds. The fourth-order valence-corrected chi connectivity index (χ4v) is 7.53. The number of rotatable bonds is 6. The molecule has 0 unspecified atom stereocenters. The van der Waals surface area contributed by atoms with E-state index in [-0.39, 0.29) is 0 Å². The summed E-state index contributed by atoms with van der Waals surface area (Å²) in [5, 5.41) is 4.75. The van der Waals surface area contributed by atoms with Crippen molar-refractivity contribution in [2.75, 3.05) is 4.90 Å². The third-order valence-corrected chi connectivity index (χ3v) is 10.0. The molecule has 2 heterocycles. The van der Waals surface area contributed by atoms with Crippen LogP contribution in [0.3, 0.4) is 0 Å². The molecular formula is C48H32N2O. The second-order valence-corrected chi connectivity index (χ2v) is 13.0. The molecule has 10 rings (SSSR count). The van der Waals surface area contributed by atoms with Crippen LogP contribution >= 0.6 is 0 Å². The average Bonchev–Trinajstić information content (AvgIpc) is 3.73. The van der Waals surface area contributed by atoms with Gasteiger partial charge in [0, 0.05) is 50.4 Å². The fraction of sp³-hybridized carbons (Fsp3) is 0. The summed E-state index contributed by atoms with van der Waals surface area (Å²) in [6.07, 6.45) is 0. The van der Waals surface area contributed by atoms with Crippen LogP contribution in [0.4, 0.5) is 17.1 Å². The van der Waals surface area contributed by atoms with Gasteiger partial charge in [0.1, 0.15) is 11.2 Å². The molecule has 0 saturated heterocycles. The van der Waals surface area contributed by atoms with Crippen molar-refractivity contribution in [2.45, 2.75) is 0 Å². The van der Waals surface area contributed by atoms with Crippen LogP contribution in [0.2, 0.25) is 0 Å². The molecule has 10 aromatic rings. The first-order chi connectivity index (χ1) is 25.3. The quantitative estimate of drug-likeness (QED) is 0.178. The van der Waals surface area contributed by atoms with Crippen molar-refractivity contribution in [1.29, 1.82) is 0 Å². The molecule has 0 radical (unpaired) electrons. The second kappa shape index (κ2) is 11.9. The highest BCUT2D eigenvalue weighted by molar-refractivity contribution is 6.17. The normalized spacial score (nSPS) is 11.5. The van der Waals surface area contributed by atoms with E-state index in [1.807, 2.05) is 12.1 Å². The number of furan rings is 1. The molecule has 240 valence electrons. The molecule has 0 N–H and O–H groups in total. The molecular weight excluding hydrogens is 621 g/mol. The highest BCUT2D eigenvalue weighted by atomic mass is 16.3. The van der Waals surface area contributed by atoms with E-state index in [4.69, 9.17) is 4.42 Å². The molecule has 51 heavy (non-hydrogen) atoms. The van der Waals surface area contributed by atoms with Crippen LogP contribution < -0.4 is 4.90 Å². The minimum atomic E-state index is 0.904. The first-order valence-electron chi connectivity index (χ1n) is 17.3. The van der Waals surface area contributed by atoms with E-state index in [1.54, 1.807) is 0 Å². The molecule has 0 bridgehead atoms. The van der Waals surface area contributed by atoms with E-state index in [9.17, 15) is 0 Å². The van der Waals surface area contributed by atoms with E-state index >= 15 is 0 Å². The zero-order valence-corrected chi connectivity index (χ0v) is 27.8. The van der Waals surface area contributed by atoms with E-state index in [1.165, 1.54) is 38.5 Å². The molecule has 0 fully saturated rings. The molecule has 8 aromatic carbocycles. The summed E-state index contributed by atoms with van der Waals surface area (Å²) in [5.41, 5.74) is 13.4. The van der Waals surface area contributed by atoms with Gasteiger partial charge in [0.25, 0.3) is 0 Å². The fourth-order valence-electron chi connectivity index (χ4n) is 7.53. The van der Waals surface area contributed by atoms with Crippen molar-refractivity contribution in [3.05, 3.63) is 194 Å². The van der Waals surface area contributed by atoms with E-state index in [2.05, 4.69) is 191 Å². The topological polar surface area (TPSA) is 21.3 Å². The molecule has 2 aromatic heterocycles. The van der Waals surface area contributed by atoms with Gasteiger partial charge in [-0.1, -0.05) is 121 Å². The lowest BCUT2D eigenvalue weighted by Gasteiger charge is -2.26. The Morgan fingerprint density at radius 2 is 0.843 bits per heavy atom. The molecule has 3 nitrogen and oxygen atoms in total. The summed E-state index contributed by atoms with van der Waals surface area (Å²) in [6.45, 7) is 0. The van der Waals surface area contributed by atoms with E-state index in [0.29, 0.717) is 0 Å². The highest BCUT2D eigenvalue weighted by Gasteiger charge is 2.17. The van der Waals surface area contributed by atoms with Crippen LogP contribution in [0.5, 0.6) is 0 Å². The third-order valence-electron chi connectivity index (χ3n) is 10.0. The molecule has 0 aliphatic rings. The smallest absolute Gasteiger partial charge is 0.137 e. The van der Waals surface area contributed by atoms with Crippen molar-refractivity contribution < 1.29 is 4.42 Å². The van der Waals surface area contributed by atoms with Crippen LogP contribution in [0.25, 0.3) is 71.7 Å². The Morgan fingerprint density at radius 3 is 1.51 bits per heavy atom. The zero-order valence-electron chi connectivity index (χ0n) is 27.8. The lowest BCUT2D eigenvalue weighted by molar-refractivity contribution is 0.669. The Morgan fingerprint density at radius 1 is 0.333 bits per heavy atom. The lowest BCUT2D eigenvalue weighted by Crippen LogP contribution is -2.09. The SMILES string of the molecule is c1ccc(-c2ccc(N(c3ccccc3)c3ccc(-c4ccc(-n5c6ccccc6c6cc7c(cc65)oc5ccccc57)cc4)cc3)cc2)cc1. The summed E-state index contributed by atoms with van der Waals surface area (Å²) in [6, 6.07) is 69.1. The standard InChI is InChI=1S/C48H32N2O/c1-3-11-33(12-4-1)34-19-25-38(26-20-34)49(37-13-5-2-6-14-37)39-27-21-35(22-28-39)36-23-29-40(30-24-36)50-45-17-9-7-15-41(45)43-31-44-42-16-8-10-18-47(42)51-48(44)32-46(43)50/h1-32H. The molecule has 0 aliphatic carbocycles. The summed E-state index contributed by atoms with van der Waals surface area (Å²) >= 11 is 0. The van der Waals surface area contributed by atoms with Gasteiger partial charge in [0.15, 0.2) is 0 Å². The van der Waals surface area contributed by atoms with Crippen molar-refractivity contribution in [1.82, 2.24) is 4.57 Å². The maximum atomic E-state index is 6.31. The van der Waals surface area contributed by atoms with Gasteiger partial charge in [0.2, 0.25) is 0 Å². The predicted octanol–water partition coefficient (Wildman–Crippen LogP) is 13.5. The first kappa shape index (κ1) is 29.1. The molecule has 0 aliphatic heterocycles. The van der Waals surface area contributed by atoms with Crippen LogP contribution in [0.1, 0.15) is 0 Å². The highest BCUT2D eigenvalue weighted by Crippen LogP contribution is 2.39. The Bertz CT molecular complexity index is 2810. The van der Waals surface area contributed by atoms with Gasteiger partial charge >= 0.3 is 0 Å². The average molecular weight is 653 g/mol. The number of aromatic nitrogens is 1. The van der Waals surface area contributed by atoms with Crippen LogP contribution in [-0.2, 0) is 0 Å². The Labute approximate surface area is 295 Å². The van der Waals surface area contributed by atoms with Crippen molar-refractivity contribution >= 4 is 60.8 Å². The Hall–Kier alpha value is -6.84. The number of hydrogen-bond donors (Lipinski definition) is 0. The molecule has 0 atom stereocenters. The zero-order chi connectivity index (χ0) is 33.7. The van der Waals surface area contributed by atoms with Gasteiger partial charge in [-0.25, -0.2) is 0 Å². The van der Waals surface area contributed by atoms with E-state index < -0.39 is 0 Å². The third kappa shape index (κ3) is 4.98. The van der Waals surface area contributed by atoms with Crippen molar-refractivity contribution in [3.63, 3.8) is 0 Å². The largest absolute Gasteiger partial charge is 0.456 e. The maximum absolute atomic E-state index is 6.31. The van der Waals surface area contributed by atoms with E-state index in [0.717, 1.165) is 50.2 Å². The number of fused-ring (bicyclic) bond motifs is 6. The number of benzene rings is 8. The molecule has 0 spiro atoms. The number of nitrogens with zero attached hydrogens (tertiary/aromatic N) is 2. The predicted molar refractivity (Wildman–Crippen MR) is 214 cm³/mol. The summed E-state index contributed by atoms with van der Waals surface area (Å²) < 4.78 is 8.67. The minimum absolute atomic E-state index is 0.904. The van der Waals surface area contributed by atoms with Crippen LogP contribution in [0, 0.1) is 0 Å². The monoisotopic (exact) mass is 652 g/mol. The summed E-state index contributed by atoms with van der Waals surface area (Å²) in [7, 11) is 0. The number of para-hydroxylation sites is 3. The summed E-state index contributed by atoms with van der Waals surface area (Å²) in [4.78, 5) is 2.31. The van der Waals surface area contributed by atoms with Gasteiger partial charge in [-0.05, 0) is 89.0 Å².